The number of fused-ring (bicyclic) bond motifs is 1. The Labute approximate surface area is 219 Å². The van der Waals surface area contributed by atoms with Crippen molar-refractivity contribution in [2.24, 2.45) is 0 Å². The van der Waals surface area contributed by atoms with E-state index in [2.05, 4.69) is 27.4 Å². The summed E-state index contributed by atoms with van der Waals surface area (Å²) in [7, 11) is 1.89. The van der Waals surface area contributed by atoms with Gasteiger partial charge in [-0.3, -0.25) is 4.79 Å². The second kappa shape index (κ2) is 11.2. The van der Waals surface area contributed by atoms with Crippen molar-refractivity contribution in [2.45, 2.75) is 65.7 Å². The second-order valence-electron chi connectivity index (χ2n) is 9.85. The molecular weight excluding hydrogens is 474 g/mol. The van der Waals surface area contributed by atoms with Crippen LogP contribution in [0, 0.1) is 6.92 Å². The molecule has 36 heavy (non-hydrogen) atoms. The molecule has 9 heteroatoms. The molecule has 0 bridgehead atoms. The first-order valence-corrected chi connectivity index (χ1v) is 11.9. The fourth-order valence-electron chi connectivity index (χ4n) is 3.76. The molecule has 1 aromatic carbocycles. The molecule has 3 aromatic rings. The van der Waals surface area contributed by atoms with Crippen molar-refractivity contribution >= 4 is 30.9 Å². The number of nitrogens with zero attached hydrogens (tertiary/aromatic N) is 4. The van der Waals surface area contributed by atoms with E-state index < -0.39 is 0 Å². The van der Waals surface area contributed by atoms with Crippen LogP contribution in [0.1, 0.15) is 50.3 Å². The molecule has 2 aromatic heterocycles. The predicted molar refractivity (Wildman–Crippen MR) is 146 cm³/mol. The van der Waals surface area contributed by atoms with Crippen LogP contribution in [0.5, 0.6) is 11.6 Å². The average molecular weight is 510 g/mol. The number of carbonyl (C=O) groups is 1. The van der Waals surface area contributed by atoms with E-state index in [-0.39, 0.29) is 31.0 Å². The molecule has 192 valence electrons. The van der Waals surface area contributed by atoms with E-state index >= 15 is 0 Å². The van der Waals surface area contributed by atoms with Gasteiger partial charge >= 0.3 is 0 Å². The number of amides is 1. The van der Waals surface area contributed by atoms with Gasteiger partial charge in [0.2, 0.25) is 11.8 Å². The zero-order valence-corrected chi connectivity index (χ0v) is 22.8. The SMILES string of the molecule is Cc1nc(CCc2ccc(OCc3ccc(OC(C)(C)C)nc3)cc2)nc2c1NC(=O)[C@H](C)N2C.S. The Kier molecular flexibility index (Phi) is 8.45. The highest BCUT2D eigenvalue weighted by Crippen LogP contribution is 2.31. The van der Waals surface area contributed by atoms with Gasteiger partial charge in [-0.1, -0.05) is 12.1 Å². The van der Waals surface area contributed by atoms with Crippen LogP contribution in [-0.4, -0.2) is 39.5 Å². The van der Waals surface area contributed by atoms with E-state index in [0.717, 1.165) is 35.1 Å². The number of nitrogens with one attached hydrogen (secondary N) is 1. The van der Waals surface area contributed by atoms with Gasteiger partial charge in [0.05, 0.1) is 5.69 Å². The molecule has 4 rings (SSSR count). The third-order valence-electron chi connectivity index (χ3n) is 5.83. The molecule has 3 heterocycles. The maximum atomic E-state index is 12.1. The first-order valence-electron chi connectivity index (χ1n) is 11.9. The minimum Gasteiger partial charge on any atom is -0.489 e. The minimum absolute atomic E-state index is 0. The van der Waals surface area contributed by atoms with Crippen LogP contribution >= 0.6 is 13.5 Å². The van der Waals surface area contributed by atoms with Crippen LogP contribution in [0.2, 0.25) is 0 Å². The summed E-state index contributed by atoms with van der Waals surface area (Å²) in [4.78, 5) is 27.7. The van der Waals surface area contributed by atoms with Crippen molar-refractivity contribution in [2.75, 3.05) is 17.3 Å². The van der Waals surface area contributed by atoms with E-state index in [1.807, 2.05) is 70.8 Å². The number of ether oxygens (including phenoxy) is 2. The van der Waals surface area contributed by atoms with Gasteiger partial charge in [-0.2, -0.15) is 13.5 Å². The first-order chi connectivity index (χ1) is 16.6. The molecule has 0 unspecified atom stereocenters. The Balaban J connectivity index is 0.00000361. The van der Waals surface area contributed by atoms with Gasteiger partial charge in [0, 0.05) is 31.3 Å². The highest BCUT2D eigenvalue weighted by molar-refractivity contribution is 7.59. The molecule has 0 aliphatic carbocycles. The van der Waals surface area contributed by atoms with Crippen LogP contribution in [0.15, 0.2) is 42.6 Å². The van der Waals surface area contributed by atoms with E-state index in [0.29, 0.717) is 24.6 Å². The zero-order valence-electron chi connectivity index (χ0n) is 21.8. The fourth-order valence-corrected chi connectivity index (χ4v) is 3.76. The maximum Gasteiger partial charge on any atom is 0.246 e. The summed E-state index contributed by atoms with van der Waals surface area (Å²) in [5.74, 6) is 2.91. The van der Waals surface area contributed by atoms with Gasteiger partial charge in [0.15, 0.2) is 5.82 Å². The van der Waals surface area contributed by atoms with Crippen LogP contribution in [0.4, 0.5) is 11.5 Å². The predicted octanol–water partition coefficient (Wildman–Crippen LogP) is 4.61. The van der Waals surface area contributed by atoms with Crippen LogP contribution in [0.3, 0.4) is 0 Å². The maximum absolute atomic E-state index is 12.1. The summed E-state index contributed by atoms with van der Waals surface area (Å²) in [5.41, 5.74) is 3.37. The smallest absolute Gasteiger partial charge is 0.246 e. The standard InChI is InChI=1S/C27H33N5O3.H2S/c1-17-24-25(32(6)18(2)26(33)31-24)30-22(29-17)13-9-19-7-11-21(12-8-19)34-16-20-10-14-23(28-15-20)35-27(3,4)5;/h7-8,10-12,14-15,18H,9,13,16H2,1-6H3,(H,31,33);1H2/t18-;/m0./s1. The molecule has 1 aliphatic heterocycles. The molecule has 1 N–H and O–H groups in total. The number of carbonyl (C=O) groups excluding carboxylic acids is 1. The highest BCUT2D eigenvalue weighted by Gasteiger charge is 2.30. The number of aromatic nitrogens is 3. The Morgan fingerprint density at radius 2 is 1.72 bits per heavy atom. The summed E-state index contributed by atoms with van der Waals surface area (Å²) in [6.45, 7) is 10.2. The van der Waals surface area contributed by atoms with Gasteiger partial charge in [-0.15, -0.1) is 0 Å². The van der Waals surface area contributed by atoms with Crippen molar-refractivity contribution < 1.29 is 14.3 Å². The Hall–Kier alpha value is -3.33. The highest BCUT2D eigenvalue weighted by atomic mass is 32.1. The summed E-state index contributed by atoms with van der Waals surface area (Å²) >= 11 is 0. The number of anilines is 2. The molecule has 0 radical (unpaired) electrons. The van der Waals surface area contributed by atoms with Gasteiger partial charge < -0.3 is 19.7 Å². The molecule has 1 aliphatic rings. The molecule has 1 atom stereocenters. The van der Waals surface area contributed by atoms with Crippen molar-refractivity contribution in [3.8, 4) is 11.6 Å². The lowest BCUT2D eigenvalue weighted by Crippen LogP contribution is -2.45. The van der Waals surface area contributed by atoms with E-state index in [1.54, 1.807) is 6.20 Å². The topological polar surface area (TPSA) is 89.5 Å². The first kappa shape index (κ1) is 27.3. The molecular formula is C27H35N5O3S. The normalized spacial score (nSPS) is 15.0. The van der Waals surface area contributed by atoms with Crippen LogP contribution in [0.25, 0.3) is 0 Å². The summed E-state index contributed by atoms with van der Waals surface area (Å²) in [5, 5.41) is 2.92. The average Bonchev–Trinajstić information content (AvgIpc) is 2.81. The van der Waals surface area contributed by atoms with Crippen molar-refractivity contribution in [3.05, 3.63) is 65.2 Å². The second-order valence-corrected chi connectivity index (χ2v) is 9.85. The number of benzene rings is 1. The summed E-state index contributed by atoms with van der Waals surface area (Å²) in [6.07, 6.45) is 3.29. The lowest BCUT2D eigenvalue weighted by atomic mass is 10.1. The fraction of sp³-hybridized carbons (Fsp3) is 0.407. The largest absolute Gasteiger partial charge is 0.489 e. The van der Waals surface area contributed by atoms with Crippen molar-refractivity contribution in [3.63, 3.8) is 0 Å². The lowest BCUT2D eigenvalue weighted by molar-refractivity contribution is -0.117. The third-order valence-corrected chi connectivity index (χ3v) is 5.83. The quantitative estimate of drug-likeness (QED) is 0.497. The van der Waals surface area contributed by atoms with E-state index in [4.69, 9.17) is 14.5 Å². The van der Waals surface area contributed by atoms with Crippen molar-refractivity contribution in [1.29, 1.82) is 0 Å². The third kappa shape index (κ3) is 6.66. The monoisotopic (exact) mass is 509 g/mol. The molecule has 8 nitrogen and oxygen atoms in total. The van der Waals surface area contributed by atoms with Gasteiger partial charge in [-0.05, 0) is 64.8 Å². The minimum atomic E-state index is -0.274. The Morgan fingerprint density at radius 3 is 2.36 bits per heavy atom. The number of pyridine rings is 1. The number of hydrogen-bond donors (Lipinski definition) is 1. The van der Waals surface area contributed by atoms with E-state index in [1.165, 1.54) is 5.56 Å². The number of rotatable bonds is 7. The molecule has 1 amide bonds. The molecule has 0 saturated carbocycles. The van der Waals surface area contributed by atoms with Gasteiger partial charge in [-0.25, -0.2) is 15.0 Å². The number of likely N-dealkylation sites (N-methyl/N-ethyl adjacent to an activating group) is 1. The van der Waals surface area contributed by atoms with E-state index in [9.17, 15) is 4.79 Å². The Bertz CT molecular complexity index is 1190. The van der Waals surface area contributed by atoms with Crippen LogP contribution < -0.4 is 19.7 Å². The van der Waals surface area contributed by atoms with Gasteiger partial charge in [0.1, 0.15) is 35.5 Å². The van der Waals surface area contributed by atoms with Crippen LogP contribution in [-0.2, 0) is 24.2 Å². The zero-order chi connectivity index (χ0) is 25.2. The van der Waals surface area contributed by atoms with Crippen molar-refractivity contribution in [1.82, 2.24) is 15.0 Å². The molecule has 0 fully saturated rings. The molecule has 0 spiro atoms. The number of aryl methyl sites for hydroxylation is 3. The van der Waals surface area contributed by atoms with Gasteiger partial charge in [0.25, 0.3) is 0 Å². The lowest BCUT2D eigenvalue weighted by Gasteiger charge is -2.32. The summed E-state index contributed by atoms with van der Waals surface area (Å²) in [6, 6.07) is 11.6. The Morgan fingerprint density at radius 1 is 1.03 bits per heavy atom. The number of hydrogen-bond acceptors (Lipinski definition) is 7. The summed E-state index contributed by atoms with van der Waals surface area (Å²) < 4.78 is 11.7. The molecule has 0 saturated heterocycles.